The fourth-order valence-electron chi connectivity index (χ4n) is 2.01. The zero-order valence-electron chi connectivity index (χ0n) is 9.58. The molecular formula is C15H14O. The minimum Gasteiger partial charge on any atom is -0.289 e. The van der Waals surface area contributed by atoms with E-state index in [0.717, 1.165) is 27.5 Å². The van der Waals surface area contributed by atoms with E-state index in [1.54, 1.807) is 0 Å². The maximum Gasteiger partial charge on any atom is 0.186 e. The highest BCUT2D eigenvalue weighted by Crippen LogP contribution is 2.25. The van der Waals surface area contributed by atoms with Gasteiger partial charge in [-0.2, -0.15) is 0 Å². The smallest absolute Gasteiger partial charge is 0.186 e. The standard InChI is InChI=1S/C15H14O/c1-4-14(16)15-11(3)10(2)9-12-7-5-6-8-13(12)15/h4-9H,1H2,2-3H3. The molecule has 0 unspecified atom stereocenters. The minimum atomic E-state index is -0.00241. The van der Waals surface area contributed by atoms with Gasteiger partial charge in [-0.25, -0.2) is 0 Å². The summed E-state index contributed by atoms with van der Waals surface area (Å²) >= 11 is 0. The molecule has 0 radical (unpaired) electrons. The predicted octanol–water partition coefficient (Wildman–Crippen LogP) is 3.83. The average molecular weight is 210 g/mol. The molecule has 0 spiro atoms. The fraction of sp³-hybridized carbons (Fsp3) is 0.133. The summed E-state index contributed by atoms with van der Waals surface area (Å²) in [7, 11) is 0. The Bertz CT molecular complexity index is 579. The molecule has 0 amide bonds. The molecule has 0 aliphatic heterocycles. The second-order valence-corrected chi connectivity index (χ2v) is 3.98. The summed E-state index contributed by atoms with van der Waals surface area (Å²) < 4.78 is 0. The van der Waals surface area contributed by atoms with Crippen LogP contribution in [0.4, 0.5) is 0 Å². The van der Waals surface area contributed by atoms with E-state index < -0.39 is 0 Å². The van der Waals surface area contributed by atoms with Crippen molar-refractivity contribution in [3.8, 4) is 0 Å². The Kier molecular flexibility index (Phi) is 2.61. The van der Waals surface area contributed by atoms with Crippen molar-refractivity contribution in [2.24, 2.45) is 0 Å². The van der Waals surface area contributed by atoms with E-state index in [1.165, 1.54) is 6.08 Å². The lowest BCUT2D eigenvalue weighted by molar-refractivity contribution is 0.104. The number of carbonyl (C=O) groups is 1. The van der Waals surface area contributed by atoms with Crippen LogP contribution in [0.25, 0.3) is 10.8 Å². The van der Waals surface area contributed by atoms with Gasteiger partial charge in [0.1, 0.15) is 0 Å². The Hall–Kier alpha value is -1.89. The molecule has 0 atom stereocenters. The number of allylic oxidation sites excluding steroid dienone is 1. The second-order valence-electron chi connectivity index (χ2n) is 3.98. The number of rotatable bonds is 2. The van der Waals surface area contributed by atoms with Gasteiger partial charge in [-0.05, 0) is 41.8 Å². The molecule has 0 bridgehead atoms. The van der Waals surface area contributed by atoms with E-state index in [-0.39, 0.29) is 5.78 Å². The van der Waals surface area contributed by atoms with Crippen molar-refractivity contribution >= 4 is 16.6 Å². The molecule has 0 N–H and O–H groups in total. The van der Waals surface area contributed by atoms with E-state index in [9.17, 15) is 4.79 Å². The summed E-state index contributed by atoms with van der Waals surface area (Å²) in [5.74, 6) is -0.00241. The summed E-state index contributed by atoms with van der Waals surface area (Å²) in [5, 5.41) is 2.12. The SMILES string of the molecule is C=CC(=O)c1c(C)c(C)cc2ccccc12. The van der Waals surface area contributed by atoms with Crippen molar-refractivity contribution in [1.29, 1.82) is 0 Å². The summed E-state index contributed by atoms with van der Waals surface area (Å²) in [4.78, 5) is 11.9. The van der Waals surface area contributed by atoms with Crippen molar-refractivity contribution in [2.75, 3.05) is 0 Å². The first kappa shape index (κ1) is 10.6. The van der Waals surface area contributed by atoms with Crippen LogP contribution in [0, 0.1) is 13.8 Å². The summed E-state index contributed by atoms with van der Waals surface area (Å²) in [6, 6.07) is 10.1. The van der Waals surface area contributed by atoms with Crippen LogP contribution in [0.3, 0.4) is 0 Å². The van der Waals surface area contributed by atoms with Crippen molar-refractivity contribution < 1.29 is 4.79 Å². The van der Waals surface area contributed by atoms with E-state index in [4.69, 9.17) is 0 Å². The third-order valence-electron chi connectivity index (χ3n) is 3.00. The highest BCUT2D eigenvalue weighted by atomic mass is 16.1. The highest BCUT2D eigenvalue weighted by molar-refractivity contribution is 6.14. The van der Waals surface area contributed by atoms with Crippen LogP contribution >= 0.6 is 0 Å². The topological polar surface area (TPSA) is 17.1 Å². The number of hydrogen-bond donors (Lipinski definition) is 0. The largest absolute Gasteiger partial charge is 0.289 e. The second kappa shape index (κ2) is 3.93. The van der Waals surface area contributed by atoms with Crippen LogP contribution in [0.1, 0.15) is 21.5 Å². The lowest BCUT2D eigenvalue weighted by atomic mass is 9.93. The maximum absolute atomic E-state index is 11.9. The number of ketones is 1. The molecule has 0 aliphatic carbocycles. The van der Waals surface area contributed by atoms with Gasteiger partial charge in [0, 0.05) is 5.56 Å². The van der Waals surface area contributed by atoms with Crippen LogP contribution in [0.2, 0.25) is 0 Å². The number of benzene rings is 2. The molecule has 80 valence electrons. The van der Waals surface area contributed by atoms with Gasteiger partial charge in [0.25, 0.3) is 0 Å². The summed E-state index contributed by atoms with van der Waals surface area (Å²) in [6.45, 7) is 7.58. The quantitative estimate of drug-likeness (QED) is 0.544. The third-order valence-corrected chi connectivity index (χ3v) is 3.00. The van der Waals surface area contributed by atoms with Crippen LogP contribution in [-0.2, 0) is 0 Å². The molecule has 0 heterocycles. The molecule has 16 heavy (non-hydrogen) atoms. The molecule has 0 aliphatic rings. The molecule has 1 heteroatoms. The summed E-state index contributed by atoms with van der Waals surface area (Å²) in [6.07, 6.45) is 1.38. The number of hydrogen-bond acceptors (Lipinski definition) is 1. The molecule has 2 rings (SSSR count). The van der Waals surface area contributed by atoms with E-state index in [2.05, 4.69) is 12.6 Å². The van der Waals surface area contributed by atoms with E-state index in [0.29, 0.717) is 0 Å². The molecule has 0 saturated carbocycles. The van der Waals surface area contributed by atoms with Gasteiger partial charge < -0.3 is 0 Å². The average Bonchev–Trinajstić information content (AvgIpc) is 2.30. The number of carbonyl (C=O) groups excluding carboxylic acids is 1. The number of aryl methyl sites for hydroxylation is 1. The Morgan fingerprint density at radius 1 is 1.25 bits per heavy atom. The molecular weight excluding hydrogens is 196 g/mol. The first-order valence-corrected chi connectivity index (χ1v) is 5.31. The van der Waals surface area contributed by atoms with E-state index in [1.807, 2.05) is 38.1 Å². The zero-order valence-corrected chi connectivity index (χ0v) is 9.58. The van der Waals surface area contributed by atoms with Crippen molar-refractivity contribution in [3.63, 3.8) is 0 Å². The first-order chi connectivity index (χ1) is 7.65. The predicted molar refractivity (Wildman–Crippen MR) is 67.9 cm³/mol. The molecule has 0 fully saturated rings. The van der Waals surface area contributed by atoms with Crippen LogP contribution in [-0.4, -0.2) is 5.78 Å². The fourth-order valence-corrected chi connectivity index (χ4v) is 2.01. The third kappa shape index (κ3) is 1.54. The van der Waals surface area contributed by atoms with Gasteiger partial charge in [-0.1, -0.05) is 36.9 Å². The first-order valence-electron chi connectivity index (χ1n) is 5.31. The van der Waals surface area contributed by atoms with Gasteiger partial charge in [-0.15, -0.1) is 0 Å². The van der Waals surface area contributed by atoms with Gasteiger partial charge in [0.15, 0.2) is 5.78 Å². The number of fused-ring (bicyclic) bond motifs is 1. The Balaban J connectivity index is 2.92. The molecule has 0 aromatic heterocycles. The van der Waals surface area contributed by atoms with Crippen molar-refractivity contribution in [3.05, 3.63) is 59.7 Å². The molecule has 2 aromatic rings. The van der Waals surface area contributed by atoms with Gasteiger partial charge in [0.05, 0.1) is 0 Å². The molecule has 2 aromatic carbocycles. The Morgan fingerprint density at radius 2 is 1.94 bits per heavy atom. The van der Waals surface area contributed by atoms with Crippen molar-refractivity contribution in [1.82, 2.24) is 0 Å². The Morgan fingerprint density at radius 3 is 2.62 bits per heavy atom. The van der Waals surface area contributed by atoms with Crippen LogP contribution < -0.4 is 0 Å². The minimum absolute atomic E-state index is 0.00241. The van der Waals surface area contributed by atoms with Crippen LogP contribution in [0.5, 0.6) is 0 Å². The highest BCUT2D eigenvalue weighted by Gasteiger charge is 2.12. The lowest BCUT2D eigenvalue weighted by Crippen LogP contribution is -2.01. The van der Waals surface area contributed by atoms with Gasteiger partial charge in [0.2, 0.25) is 0 Å². The monoisotopic (exact) mass is 210 g/mol. The van der Waals surface area contributed by atoms with Crippen molar-refractivity contribution in [2.45, 2.75) is 13.8 Å². The van der Waals surface area contributed by atoms with Gasteiger partial charge in [-0.3, -0.25) is 4.79 Å². The van der Waals surface area contributed by atoms with Gasteiger partial charge >= 0.3 is 0 Å². The Labute approximate surface area is 95.4 Å². The molecule has 0 saturated heterocycles. The molecule has 1 nitrogen and oxygen atoms in total. The van der Waals surface area contributed by atoms with Crippen LogP contribution in [0.15, 0.2) is 43.0 Å². The maximum atomic E-state index is 11.9. The van der Waals surface area contributed by atoms with E-state index >= 15 is 0 Å². The lowest BCUT2D eigenvalue weighted by Gasteiger charge is -2.10. The summed E-state index contributed by atoms with van der Waals surface area (Å²) in [5.41, 5.74) is 2.97. The zero-order chi connectivity index (χ0) is 11.7. The normalized spacial score (nSPS) is 10.4.